The Labute approximate surface area is 70.3 Å². The number of carbonyl (C=O) groups excluding carboxylic acids is 1. The number of aliphatic hydroxyl groups is 2. The van der Waals surface area contributed by atoms with Crippen LogP contribution in [0, 0.1) is 0 Å². The number of rotatable bonds is 3. The van der Waals surface area contributed by atoms with Gasteiger partial charge >= 0.3 is 0 Å². The van der Waals surface area contributed by atoms with Crippen LogP contribution in [0.4, 0.5) is 0 Å². The Balaban J connectivity index is 2.78. The Morgan fingerprint density at radius 1 is 1.33 bits per heavy atom. The van der Waals surface area contributed by atoms with Gasteiger partial charge < -0.3 is 10.2 Å². The van der Waals surface area contributed by atoms with Gasteiger partial charge in [0.2, 0.25) is 0 Å². The molecule has 0 aliphatic heterocycles. The molecule has 64 valence electrons. The minimum Gasteiger partial charge on any atom is -0.388 e. The third-order valence-electron chi connectivity index (χ3n) is 1.58. The second kappa shape index (κ2) is 3.99. The molecule has 0 heterocycles. The molecule has 0 fully saturated rings. The average molecular weight is 166 g/mol. The van der Waals surface area contributed by atoms with E-state index in [9.17, 15) is 9.90 Å². The van der Waals surface area contributed by atoms with Crippen molar-refractivity contribution < 1.29 is 15.0 Å². The Hall–Kier alpha value is -1.19. The van der Waals surface area contributed by atoms with Crippen LogP contribution in [0.3, 0.4) is 0 Å². The molecule has 0 aliphatic rings. The molecule has 0 bridgehead atoms. The highest BCUT2D eigenvalue weighted by Crippen LogP contribution is 2.12. The van der Waals surface area contributed by atoms with Gasteiger partial charge in [-0.25, -0.2) is 0 Å². The standard InChI is InChI=1S/C9H10O3/c10-6-8(11)9(12)7-4-2-1-3-5-7/h1-5,9-10,12H,6H2. The number of Topliss-reactive ketones (excluding diaryl/α,β-unsaturated/α-hetero) is 1. The highest BCUT2D eigenvalue weighted by molar-refractivity contribution is 5.84. The summed E-state index contributed by atoms with van der Waals surface area (Å²) < 4.78 is 0. The van der Waals surface area contributed by atoms with Gasteiger partial charge in [-0.1, -0.05) is 30.3 Å². The van der Waals surface area contributed by atoms with Crippen molar-refractivity contribution in [2.24, 2.45) is 0 Å². The highest BCUT2D eigenvalue weighted by Gasteiger charge is 2.14. The lowest BCUT2D eigenvalue weighted by Crippen LogP contribution is -2.15. The largest absolute Gasteiger partial charge is 0.388 e. The summed E-state index contributed by atoms with van der Waals surface area (Å²) in [6, 6.07) is 8.52. The van der Waals surface area contributed by atoms with Gasteiger partial charge in [0.1, 0.15) is 12.7 Å². The molecule has 0 saturated carbocycles. The number of carbonyl (C=O) groups is 1. The lowest BCUT2D eigenvalue weighted by Gasteiger charge is -2.06. The van der Waals surface area contributed by atoms with E-state index in [1.54, 1.807) is 30.3 Å². The average Bonchev–Trinajstić information content (AvgIpc) is 2.17. The van der Waals surface area contributed by atoms with Gasteiger partial charge in [-0.2, -0.15) is 0 Å². The van der Waals surface area contributed by atoms with Gasteiger partial charge in [-0.15, -0.1) is 0 Å². The van der Waals surface area contributed by atoms with E-state index in [-0.39, 0.29) is 0 Å². The number of aliphatic hydroxyl groups excluding tert-OH is 2. The normalized spacial score (nSPS) is 12.5. The van der Waals surface area contributed by atoms with Crippen LogP contribution in [0.25, 0.3) is 0 Å². The van der Waals surface area contributed by atoms with Crippen LogP contribution in [0.15, 0.2) is 30.3 Å². The Kier molecular flexibility index (Phi) is 2.96. The molecule has 1 atom stereocenters. The van der Waals surface area contributed by atoms with Crippen molar-refractivity contribution in [1.82, 2.24) is 0 Å². The van der Waals surface area contributed by atoms with E-state index in [4.69, 9.17) is 5.11 Å². The molecule has 0 aromatic heterocycles. The summed E-state index contributed by atoms with van der Waals surface area (Å²) in [5.41, 5.74) is 0.511. The topological polar surface area (TPSA) is 57.5 Å². The van der Waals surface area contributed by atoms with Crippen molar-refractivity contribution in [2.75, 3.05) is 6.61 Å². The van der Waals surface area contributed by atoms with Crippen molar-refractivity contribution in [3.63, 3.8) is 0 Å². The molecule has 1 rings (SSSR count). The van der Waals surface area contributed by atoms with E-state index in [1.165, 1.54) is 0 Å². The van der Waals surface area contributed by atoms with Crippen LogP contribution >= 0.6 is 0 Å². The van der Waals surface area contributed by atoms with Gasteiger partial charge in [0, 0.05) is 0 Å². The first-order valence-corrected chi connectivity index (χ1v) is 3.62. The molecule has 1 aromatic carbocycles. The van der Waals surface area contributed by atoms with Gasteiger partial charge in [0.25, 0.3) is 0 Å². The van der Waals surface area contributed by atoms with E-state index in [1.807, 2.05) is 0 Å². The fourth-order valence-corrected chi connectivity index (χ4v) is 0.908. The summed E-state index contributed by atoms with van der Waals surface area (Å²) >= 11 is 0. The van der Waals surface area contributed by atoms with Crippen molar-refractivity contribution >= 4 is 5.78 Å². The van der Waals surface area contributed by atoms with Crippen LogP contribution in [0.2, 0.25) is 0 Å². The van der Waals surface area contributed by atoms with Gasteiger partial charge in [0.15, 0.2) is 5.78 Å². The number of hydrogen-bond donors (Lipinski definition) is 2. The molecule has 1 unspecified atom stereocenters. The zero-order valence-electron chi connectivity index (χ0n) is 6.47. The minimum absolute atomic E-state index is 0.511. The maximum atomic E-state index is 10.8. The smallest absolute Gasteiger partial charge is 0.191 e. The predicted octanol–water partition coefficient (Wildman–Crippen LogP) is 0.281. The van der Waals surface area contributed by atoms with E-state index in [0.717, 1.165) is 0 Å². The molecule has 0 aliphatic carbocycles. The fourth-order valence-electron chi connectivity index (χ4n) is 0.908. The fraction of sp³-hybridized carbons (Fsp3) is 0.222. The summed E-state index contributed by atoms with van der Waals surface area (Å²) in [4.78, 5) is 10.8. The zero-order chi connectivity index (χ0) is 8.97. The molecular formula is C9H10O3. The van der Waals surface area contributed by atoms with Gasteiger partial charge in [0.05, 0.1) is 0 Å². The summed E-state index contributed by atoms with van der Waals surface area (Å²) in [5.74, 6) is -0.582. The molecule has 3 heteroatoms. The van der Waals surface area contributed by atoms with E-state index in [0.29, 0.717) is 5.56 Å². The van der Waals surface area contributed by atoms with Crippen LogP contribution in [0.1, 0.15) is 11.7 Å². The molecule has 12 heavy (non-hydrogen) atoms. The van der Waals surface area contributed by atoms with Gasteiger partial charge in [-0.05, 0) is 5.56 Å². The summed E-state index contributed by atoms with van der Waals surface area (Å²) in [7, 11) is 0. The lowest BCUT2D eigenvalue weighted by atomic mass is 10.1. The van der Waals surface area contributed by atoms with Crippen LogP contribution in [-0.4, -0.2) is 22.6 Å². The zero-order valence-corrected chi connectivity index (χ0v) is 6.47. The quantitative estimate of drug-likeness (QED) is 0.678. The first kappa shape index (κ1) is 8.90. The van der Waals surface area contributed by atoms with Crippen LogP contribution < -0.4 is 0 Å². The molecule has 3 nitrogen and oxygen atoms in total. The molecule has 2 N–H and O–H groups in total. The summed E-state index contributed by atoms with van der Waals surface area (Å²) in [5, 5.41) is 17.7. The monoisotopic (exact) mass is 166 g/mol. The lowest BCUT2D eigenvalue weighted by molar-refractivity contribution is -0.130. The first-order valence-electron chi connectivity index (χ1n) is 3.62. The maximum Gasteiger partial charge on any atom is 0.191 e. The third kappa shape index (κ3) is 1.90. The van der Waals surface area contributed by atoms with E-state index >= 15 is 0 Å². The first-order chi connectivity index (χ1) is 5.75. The molecule has 0 amide bonds. The maximum absolute atomic E-state index is 10.8. The second-order valence-electron chi connectivity index (χ2n) is 2.44. The second-order valence-corrected chi connectivity index (χ2v) is 2.44. The highest BCUT2D eigenvalue weighted by atomic mass is 16.3. The van der Waals surface area contributed by atoms with Crippen molar-refractivity contribution in [1.29, 1.82) is 0 Å². The SMILES string of the molecule is O=C(CO)C(O)c1ccccc1. The summed E-state index contributed by atoms with van der Waals surface area (Å²) in [6.45, 7) is -0.629. The van der Waals surface area contributed by atoms with E-state index < -0.39 is 18.5 Å². The predicted molar refractivity (Wildman–Crippen MR) is 43.5 cm³/mol. The summed E-state index contributed by atoms with van der Waals surface area (Å²) in [6.07, 6.45) is -1.20. The Morgan fingerprint density at radius 3 is 2.42 bits per heavy atom. The van der Waals surface area contributed by atoms with Crippen LogP contribution in [0.5, 0.6) is 0 Å². The van der Waals surface area contributed by atoms with Crippen molar-refractivity contribution in [2.45, 2.75) is 6.10 Å². The third-order valence-corrected chi connectivity index (χ3v) is 1.58. The van der Waals surface area contributed by atoms with E-state index in [2.05, 4.69) is 0 Å². The molecule has 0 spiro atoms. The number of hydrogen-bond acceptors (Lipinski definition) is 3. The molecular weight excluding hydrogens is 156 g/mol. The number of benzene rings is 1. The van der Waals surface area contributed by atoms with Crippen LogP contribution in [-0.2, 0) is 4.79 Å². The molecule has 1 aromatic rings. The molecule has 0 saturated heterocycles. The number of ketones is 1. The Morgan fingerprint density at radius 2 is 1.92 bits per heavy atom. The Bertz CT molecular complexity index is 256. The van der Waals surface area contributed by atoms with Crippen molar-refractivity contribution in [3.8, 4) is 0 Å². The van der Waals surface area contributed by atoms with Crippen molar-refractivity contribution in [3.05, 3.63) is 35.9 Å². The minimum atomic E-state index is -1.20. The molecule has 0 radical (unpaired) electrons. The van der Waals surface area contributed by atoms with Gasteiger partial charge in [-0.3, -0.25) is 4.79 Å².